The lowest BCUT2D eigenvalue weighted by atomic mass is 9.81. The highest BCUT2D eigenvalue weighted by atomic mass is 14.3. The largest absolute Gasteiger partial charge is 0.0561 e. The van der Waals surface area contributed by atoms with Gasteiger partial charge in [0.05, 0.1) is 0 Å². The number of hydrogen-bond donors (Lipinski definition) is 0. The Kier molecular flexibility index (Phi) is 1.98. The summed E-state index contributed by atoms with van der Waals surface area (Å²) in [6.45, 7) is 6.96. The fourth-order valence-corrected chi connectivity index (χ4v) is 4.79. The molecule has 0 heteroatoms. The summed E-state index contributed by atoms with van der Waals surface area (Å²) in [5.74, 6) is 0. The van der Waals surface area contributed by atoms with Crippen molar-refractivity contribution in [3.63, 3.8) is 0 Å². The first-order chi connectivity index (χ1) is 11.5. The molecule has 0 nitrogen and oxygen atoms in total. The maximum absolute atomic E-state index is 2.42. The summed E-state index contributed by atoms with van der Waals surface area (Å²) >= 11 is 0. The topological polar surface area (TPSA) is 0 Å². The molecule has 0 amide bonds. The van der Waals surface area contributed by atoms with Gasteiger partial charge in [-0.1, -0.05) is 69.3 Å². The van der Waals surface area contributed by atoms with Gasteiger partial charge in [0, 0.05) is 0 Å². The molecule has 6 aromatic carbocycles. The summed E-state index contributed by atoms with van der Waals surface area (Å²) in [4.78, 5) is 0. The van der Waals surface area contributed by atoms with Gasteiger partial charge in [-0.15, -0.1) is 0 Å². The smallest absolute Gasteiger partial charge is 0.00109 e. The number of rotatable bonds is 0. The Balaban J connectivity index is 2.10. The van der Waals surface area contributed by atoms with Crippen LogP contribution < -0.4 is 0 Å². The van der Waals surface area contributed by atoms with Crippen LogP contribution in [0.15, 0.2) is 54.6 Å². The molecule has 0 spiro atoms. The lowest BCUT2D eigenvalue weighted by Crippen LogP contribution is -2.11. The highest BCUT2D eigenvalue weighted by Gasteiger charge is 2.24. The van der Waals surface area contributed by atoms with Crippen LogP contribution in [0.25, 0.3) is 53.9 Å². The van der Waals surface area contributed by atoms with Gasteiger partial charge >= 0.3 is 0 Å². The van der Waals surface area contributed by atoms with Gasteiger partial charge in [-0.3, -0.25) is 0 Å². The molecule has 0 aromatic heterocycles. The minimum absolute atomic E-state index is 0.138. The molecule has 114 valence electrons. The lowest BCUT2D eigenvalue weighted by molar-refractivity contribution is 0.596. The third-order valence-corrected chi connectivity index (χ3v) is 5.83. The van der Waals surface area contributed by atoms with Crippen molar-refractivity contribution >= 4 is 53.9 Å². The van der Waals surface area contributed by atoms with Crippen LogP contribution in [0.1, 0.15) is 26.3 Å². The van der Waals surface area contributed by atoms with E-state index in [9.17, 15) is 0 Å². The zero-order chi connectivity index (χ0) is 16.2. The summed E-state index contributed by atoms with van der Waals surface area (Å²) < 4.78 is 0. The normalized spacial score (nSPS) is 13.6. The molecule has 6 aromatic rings. The van der Waals surface area contributed by atoms with Crippen molar-refractivity contribution in [2.75, 3.05) is 0 Å². The highest BCUT2D eigenvalue weighted by Crippen LogP contribution is 2.49. The first-order valence-electron chi connectivity index (χ1n) is 8.72. The Labute approximate surface area is 140 Å². The fraction of sp³-hybridized carbons (Fsp3) is 0.167. The predicted molar refractivity (Wildman–Crippen MR) is 106 cm³/mol. The van der Waals surface area contributed by atoms with Gasteiger partial charge in [0.15, 0.2) is 0 Å². The van der Waals surface area contributed by atoms with Gasteiger partial charge < -0.3 is 0 Å². The van der Waals surface area contributed by atoms with Crippen molar-refractivity contribution in [3.05, 3.63) is 60.2 Å². The van der Waals surface area contributed by atoms with Crippen LogP contribution in [0.4, 0.5) is 0 Å². The lowest BCUT2D eigenvalue weighted by Gasteiger charge is -2.22. The average molecular weight is 306 g/mol. The van der Waals surface area contributed by atoms with E-state index in [-0.39, 0.29) is 5.41 Å². The minimum Gasteiger partial charge on any atom is -0.0561 e. The second kappa shape index (κ2) is 3.72. The Morgan fingerprint density at radius 3 is 1.46 bits per heavy atom. The molecule has 0 aliphatic rings. The zero-order valence-corrected chi connectivity index (χ0v) is 14.2. The molecule has 0 heterocycles. The fourth-order valence-electron chi connectivity index (χ4n) is 4.79. The van der Waals surface area contributed by atoms with E-state index in [1.165, 1.54) is 59.4 Å². The first kappa shape index (κ1) is 12.8. The van der Waals surface area contributed by atoms with Crippen molar-refractivity contribution in [1.82, 2.24) is 0 Å². The number of hydrogen-bond acceptors (Lipinski definition) is 0. The standard InChI is InChI=1S/C24H18/c1-24(2,3)18-12-16-9-8-14-5-4-13-6-7-15-10-11-17(18)23-21(15)19(13)20(14)22(16)23/h4-12H,1-3H3. The molecular formula is C24H18. The Morgan fingerprint density at radius 1 is 0.500 bits per heavy atom. The maximum atomic E-state index is 2.42. The van der Waals surface area contributed by atoms with Crippen LogP contribution in [0.5, 0.6) is 0 Å². The molecule has 0 N–H and O–H groups in total. The summed E-state index contributed by atoms with van der Waals surface area (Å²) in [7, 11) is 0. The number of benzene rings is 5. The maximum Gasteiger partial charge on any atom is -0.00109 e. The molecule has 0 saturated carbocycles. The molecule has 0 fully saturated rings. The third-order valence-electron chi connectivity index (χ3n) is 5.83. The molecule has 6 rings (SSSR count). The van der Waals surface area contributed by atoms with Gasteiger partial charge in [0.1, 0.15) is 0 Å². The van der Waals surface area contributed by atoms with Crippen molar-refractivity contribution < 1.29 is 0 Å². The molecule has 0 bridgehead atoms. The highest BCUT2D eigenvalue weighted by molar-refractivity contribution is 6.44. The monoisotopic (exact) mass is 306 g/mol. The molecule has 0 atom stereocenters. The van der Waals surface area contributed by atoms with Gasteiger partial charge in [0.2, 0.25) is 0 Å². The van der Waals surface area contributed by atoms with Crippen LogP contribution in [0.3, 0.4) is 0 Å². The summed E-state index contributed by atoms with van der Waals surface area (Å²) in [6.07, 6.45) is 0. The van der Waals surface area contributed by atoms with E-state index in [0.29, 0.717) is 0 Å². The Bertz CT molecular complexity index is 1320. The van der Waals surface area contributed by atoms with Crippen LogP contribution >= 0.6 is 0 Å². The predicted octanol–water partition coefficient (Wildman–Crippen LogP) is 7.06. The first-order valence-corrected chi connectivity index (χ1v) is 8.72. The van der Waals surface area contributed by atoms with Crippen LogP contribution in [0.2, 0.25) is 0 Å². The van der Waals surface area contributed by atoms with E-state index in [1.807, 2.05) is 0 Å². The van der Waals surface area contributed by atoms with E-state index in [1.54, 1.807) is 0 Å². The van der Waals surface area contributed by atoms with E-state index in [4.69, 9.17) is 0 Å². The van der Waals surface area contributed by atoms with Gasteiger partial charge in [-0.2, -0.15) is 0 Å². The molecule has 0 saturated heterocycles. The molecular weight excluding hydrogens is 288 g/mol. The second-order valence-corrected chi connectivity index (χ2v) is 8.25. The van der Waals surface area contributed by atoms with Crippen LogP contribution in [-0.4, -0.2) is 0 Å². The molecule has 24 heavy (non-hydrogen) atoms. The van der Waals surface area contributed by atoms with Crippen molar-refractivity contribution in [2.24, 2.45) is 0 Å². The van der Waals surface area contributed by atoms with Crippen LogP contribution in [-0.2, 0) is 5.41 Å². The summed E-state index contributed by atoms with van der Waals surface area (Å²) in [6, 6.07) is 20.8. The van der Waals surface area contributed by atoms with E-state index in [0.717, 1.165) is 0 Å². The molecule has 0 radical (unpaired) electrons. The zero-order valence-electron chi connectivity index (χ0n) is 14.2. The Morgan fingerprint density at radius 2 is 0.917 bits per heavy atom. The van der Waals surface area contributed by atoms with Crippen molar-refractivity contribution in [1.29, 1.82) is 0 Å². The minimum atomic E-state index is 0.138. The van der Waals surface area contributed by atoms with E-state index >= 15 is 0 Å². The Hall–Kier alpha value is -2.60. The average Bonchev–Trinajstić information content (AvgIpc) is 2.93. The quantitative estimate of drug-likeness (QED) is 0.263. The van der Waals surface area contributed by atoms with Crippen molar-refractivity contribution in [3.8, 4) is 0 Å². The van der Waals surface area contributed by atoms with Gasteiger partial charge in [-0.05, 0) is 70.9 Å². The summed E-state index contributed by atoms with van der Waals surface area (Å²) in [5, 5.41) is 14.2. The van der Waals surface area contributed by atoms with Crippen LogP contribution in [0, 0.1) is 0 Å². The second-order valence-electron chi connectivity index (χ2n) is 8.25. The summed E-state index contributed by atoms with van der Waals surface area (Å²) in [5.41, 5.74) is 1.59. The SMILES string of the molecule is CC(C)(C)c1cc2ccc3ccc4ccc5ccc1c1c5c4c3c21. The van der Waals surface area contributed by atoms with Gasteiger partial charge in [-0.25, -0.2) is 0 Å². The molecule has 0 aliphatic carbocycles. The van der Waals surface area contributed by atoms with Gasteiger partial charge in [0.25, 0.3) is 0 Å². The molecule has 0 unspecified atom stereocenters. The van der Waals surface area contributed by atoms with E-state index in [2.05, 4.69) is 75.4 Å². The van der Waals surface area contributed by atoms with E-state index < -0.39 is 0 Å². The third kappa shape index (κ3) is 1.29. The molecule has 0 aliphatic heterocycles. The van der Waals surface area contributed by atoms with Crippen molar-refractivity contribution in [2.45, 2.75) is 26.2 Å².